The van der Waals surface area contributed by atoms with Gasteiger partial charge in [-0.2, -0.15) is 0 Å². The summed E-state index contributed by atoms with van der Waals surface area (Å²) in [5, 5.41) is 9.70. The van der Waals surface area contributed by atoms with Crippen LogP contribution in [0.5, 0.6) is 0 Å². The zero-order valence-corrected chi connectivity index (χ0v) is 19.5. The van der Waals surface area contributed by atoms with Gasteiger partial charge in [-0.25, -0.2) is 4.98 Å². The van der Waals surface area contributed by atoms with Crippen LogP contribution in [0.15, 0.2) is 53.7 Å². The Morgan fingerprint density at radius 1 is 1.22 bits per heavy atom. The van der Waals surface area contributed by atoms with Gasteiger partial charge in [0.15, 0.2) is 5.96 Å². The molecule has 1 aromatic heterocycles. The number of carbonyl (C=O) groups excluding carboxylic acids is 1. The van der Waals surface area contributed by atoms with Crippen molar-refractivity contribution in [3.8, 4) is 0 Å². The molecule has 0 bridgehead atoms. The first-order valence-corrected chi connectivity index (χ1v) is 11.6. The first-order valence-electron chi connectivity index (χ1n) is 11.6. The number of hydrogen-bond acceptors (Lipinski definition) is 4. The largest absolute Gasteiger partial charge is 0.357 e. The normalized spacial score (nSPS) is 19.4. The van der Waals surface area contributed by atoms with Gasteiger partial charge in [0.05, 0.1) is 6.54 Å². The molecule has 3 rings (SSSR count). The van der Waals surface area contributed by atoms with Crippen LogP contribution in [0.1, 0.15) is 44.2 Å². The topological polar surface area (TPSA) is 81.6 Å². The standard InChI is InChI=1S/C25H36N6O/c1-4-26-25(27-14-12-24(32)30-23-11-10-19(2)17-28-23)29-22-13-15-31(20(3)16-22)18-21-8-6-5-7-9-21/h5-11,17,20,22H,4,12-16,18H2,1-3H3,(H2,26,27,29)(H,28,30,32). The van der Waals surface area contributed by atoms with Crippen molar-refractivity contribution in [2.45, 2.75) is 58.7 Å². The maximum Gasteiger partial charge on any atom is 0.227 e. The van der Waals surface area contributed by atoms with Gasteiger partial charge in [0.2, 0.25) is 5.91 Å². The molecule has 1 aliphatic rings. The summed E-state index contributed by atoms with van der Waals surface area (Å²) >= 11 is 0. The van der Waals surface area contributed by atoms with Gasteiger partial charge in [-0.3, -0.25) is 14.7 Å². The number of nitrogens with one attached hydrogen (secondary N) is 3. The molecule has 1 saturated heterocycles. The van der Waals surface area contributed by atoms with Crippen molar-refractivity contribution in [2.75, 3.05) is 25.0 Å². The lowest BCUT2D eigenvalue weighted by molar-refractivity contribution is -0.116. The third-order valence-electron chi connectivity index (χ3n) is 5.71. The average Bonchev–Trinajstić information content (AvgIpc) is 2.78. The maximum atomic E-state index is 12.2. The molecule has 0 saturated carbocycles. The van der Waals surface area contributed by atoms with Crippen molar-refractivity contribution < 1.29 is 4.79 Å². The SMILES string of the molecule is CCNC(=NCCC(=O)Nc1ccc(C)cn1)NC1CCN(Cc2ccccc2)C(C)C1. The Hall–Kier alpha value is -2.93. The molecule has 3 N–H and O–H groups in total. The number of piperidine rings is 1. The van der Waals surface area contributed by atoms with Crippen molar-refractivity contribution in [1.82, 2.24) is 20.5 Å². The zero-order chi connectivity index (χ0) is 22.8. The fraction of sp³-hybridized carbons (Fsp3) is 0.480. The summed E-state index contributed by atoms with van der Waals surface area (Å²) in [5.74, 6) is 1.28. The molecule has 7 nitrogen and oxygen atoms in total. The highest BCUT2D eigenvalue weighted by atomic mass is 16.1. The molecule has 2 aromatic rings. The van der Waals surface area contributed by atoms with Crippen LogP contribution in [-0.2, 0) is 11.3 Å². The number of hydrogen-bond donors (Lipinski definition) is 3. The summed E-state index contributed by atoms with van der Waals surface area (Å²) < 4.78 is 0. The Labute approximate surface area is 191 Å². The predicted octanol–water partition coefficient (Wildman–Crippen LogP) is 3.33. The van der Waals surface area contributed by atoms with Crippen LogP contribution in [0.3, 0.4) is 0 Å². The highest BCUT2D eigenvalue weighted by molar-refractivity contribution is 5.90. The van der Waals surface area contributed by atoms with Crippen molar-refractivity contribution in [1.29, 1.82) is 0 Å². The number of anilines is 1. The van der Waals surface area contributed by atoms with Gasteiger partial charge in [-0.05, 0) is 50.8 Å². The lowest BCUT2D eigenvalue weighted by Gasteiger charge is -2.38. The second-order valence-electron chi connectivity index (χ2n) is 8.45. The van der Waals surface area contributed by atoms with E-state index in [1.807, 2.05) is 19.1 Å². The van der Waals surface area contributed by atoms with E-state index in [2.05, 4.69) is 75.0 Å². The van der Waals surface area contributed by atoms with Crippen LogP contribution >= 0.6 is 0 Å². The van der Waals surface area contributed by atoms with E-state index in [-0.39, 0.29) is 5.91 Å². The van der Waals surface area contributed by atoms with E-state index in [4.69, 9.17) is 0 Å². The summed E-state index contributed by atoms with van der Waals surface area (Å²) in [6.45, 7) is 9.58. The number of benzene rings is 1. The highest BCUT2D eigenvalue weighted by Crippen LogP contribution is 2.20. The Balaban J connectivity index is 1.45. The maximum absolute atomic E-state index is 12.2. The van der Waals surface area contributed by atoms with Crippen LogP contribution in [0.25, 0.3) is 0 Å². The van der Waals surface area contributed by atoms with E-state index in [1.165, 1.54) is 5.56 Å². The van der Waals surface area contributed by atoms with Gasteiger partial charge in [0.25, 0.3) is 0 Å². The smallest absolute Gasteiger partial charge is 0.227 e. The molecule has 1 aromatic carbocycles. The van der Waals surface area contributed by atoms with Crippen molar-refractivity contribution in [3.05, 3.63) is 59.8 Å². The zero-order valence-electron chi connectivity index (χ0n) is 19.5. The second-order valence-corrected chi connectivity index (χ2v) is 8.45. The molecule has 2 unspecified atom stereocenters. The number of aromatic nitrogens is 1. The summed E-state index contributed by atoms with van der Waals surface area (Å²) in [5.41, 5.74) is 2.42. The van der Waals surface area contributed by atoms with E-state index < -0.39 is 0 Å². The fourth-order valence-electron chi connectivity index (χ4n) is 3.93. The molecule has 2 heterocycles. The first-order chi connectivity index (χ1) is 15.5. The summed E-state index contributed by atoms with van der Waals surface area (Å²) in [4.78, 5) is 23.6. The number of aliphatic imine (C=N–C) groups is 1. The van der Waals surface area contributed by atoms with Crippen LogP contribution in [0.2, 0.25) is 0 Å². The molecule has 7 heteroatoms. The van der Waals surface area contributed by atoms with Gasteiger partial charge in [0.1, 0.15) is 5.82 Å². The van der Waals surface area contributed by atoms with Gasteiger partial charge in [0, 0.05) is 44.3 Å². The van der Waals surface area contributed by atoms with Crippen molar-refractivity contribution >= 4 is 17.7 Å². The third kappa shape index (κ3) is 7.64. The van der Waals surface area contributed by atoms with Crippen LogP contribution in [0, 0.1) is 6.92 Å². The minimum atomic E-state index is -0.0798. The molecule has 2 atom stereocenters. The number of rotatable bonds is 8. The van der Waals surface area contributed by atoms with E-state index in [1.54, 1.807) is 6.20 Å². The predicted molar refractivity (Wildman–Crippen MR) is 131 cm³/mol. The van der Waals surface area contributed by atoms with E-state index in [9.17, 15) is 4.79 Å². The molecule has 172 valence electrons. The minimum Gasteiger partial charge on any atom is -0.357 e. The Morgan fingerprint density at radius 2 is 2.03 bits per heavy atom. The molecular weight excluding hydrogens is 400 g/mol. The summed E-state index contributed by atoms with van der Waals surface area (Å²) in [7, 11) is 0. The molecule has 32 heavy (non-hydrogen) atoms. The second kappa shape index (κ2) is 12.2. The minimum absolute atomic E-state index is 0.0798. The van der Waals surface area contributed by atoms with Crippen molar-refractivity contribution in [3.63, 3.8) is 0 Å². The number of pyridine rings is 1. The molecule has 1 fully saturated rings. The average molecular weight is 437 g/mol. The number of aryl methyl sites for hydroxylation is 1. The van der Waals surface area contributed by atoms with E-state index in [0.717, 1.165) is 44.0 Å². The molecule has 1 aliphatic heterocycles. The van der Waals surface area contributed by atoms with Gasteiger partial charge < -0.3 is 16.0 Å². The van der Waals surface area contributed by atoms with Gasteiger partial charge in [-0.15, -0.1) is 0 Å². The number of amides is 1. The Morgan fingerprint density at radius 3 is 2.72 bits per heavy atom. The molecule has 1 amide bonds. The first kappa shape index (κ1) is 23.7. The molecule has 0 aliphatic carbocycles. The van der Waals surface area contributed by atoms with Crippen LogP contribution < -0.4 is 16.0 Å². The lowest BCUT2D eigenvalue weighted by Crippen LogP contribution is -2.51. The monoisotopic (exact) mass is 436 g/mol. The van der Waals surface area contributed by atoms with E-state index >= 15 is 0 Å². The molecule has 0 spiro atoms. The van der Waals surface area contributed by atoms with Crippen LogP contribution in [-0.4, -0.2) is 53.5 Å². The van der Waals surface area contributed by atoms with Gasteiger partial charge >= 0.3 is 0 Å². The molecule has 0 radical (unpaired) electrons. The number of nitrogens with zero attached hydrogens (tertiary/aromatic N) is 3. The number of likely N-dealkylation sites (tertiary alicyclic amines) is 1. The third-order valence-corrected chi connectivity index (χ3v) is 5.71. The Kier molecular flexibility index (Phi) is 9.04. The quantitative estimate of drug-likeness (QED) is 0.437. The fourth-order valence-corrected chi connectivity index (χ4v) is 3.93. The van der Waals surface area contributed by atoms with Crippen LogP contribution in [0.4, 0.5) is 5.82 Å². The lowest BCUT2D eigenvalue weighted by atomic mass is 9.97. The van der Waals surface area contributed by atoms with E-state index in [0.29, 0.717) is 30.9 Å². The summed E-state index contributed by atoms with van der Waals surface area (Å²) in [6.07, 6.45) is 4.20. The van der Waals surface area contributed by atoms with Gasteiger partial charge in [-0.1, -0.05) is 36.4 Å². The highest BCUT2D eigenvalue weighted by Gasteiger charge is 2.25. The Bertz CT molecular complexity index is 868. The summed E-state index contributed by atoms with van der Waals surface area (Å²) in [6, 6.07) is 15.3. The molecular formula is C25H36N6O. The number of guanidine groups is 1. The van der Waals surface area contributed by atoms with Crippen molar-refractivity contribution in [2.24, 2.45) is 4.99 Å². The number of carbonyl (C=O) groups is 1.